The van der Waals surface area contributed by atoms with E-state index in [2.05, 4.69) is 10.0 Å². The Morgan fingerprint density at radius 2 is 1.88 bits per heavy atom. The number of likely N-dealkylation sites (tertiary alicyclic amines) is 1. The molecule has 0 radical (unpaired) electrons. The first-order valence-corrected chi connectivity index (χ1v) is 12.2. The molecule has 32 heavy (non-hydrogen) atoms. The fourth-order valence-corrected chi connectivity index (χ4v) is 4.55. The lowest BCUT2D eigenvalue weighted by Gasteiger charge is -2.30. The van der Waals surface area contributed by atoms with Gasteiger partial charge in [0.15, 0.2) is 5.76 Å². The molecule has 0 spiro atoms. The quantitative estimate of drug-likeness (QED) is 0.523. The molecule has 2 N–H and O–H groups in total. The topological polar surface area (TPSA) is 118 Å². The van der Waals surface area contributed by atoms with E-state index in [1.165, 1.54) is 18.4 Å². The minimum atomic E-state index is -3.61. The van der Waals surface area contributed by atoms with E-state index in [1.54, 1.807) is 29.2 Å². The first-order valence-electron chi connectivity index (χ1n) is 10.7. The maximum absolute atomic E-state index is 12.6. The van der Waals surface area contributed by atoms with Gasteiger partial charge >= 0.3 is 0 Å². The Balaban J connectivity index is 1.47. The van der Waals surface area contributed by atoms with Crippen LogP contribution in [0.5, 0.6) is 0 Å². The maximum Gasteiger partial charge on any atom is 0.289 e. The van der Waals surface area contributed by atoms with Gasteiger partial charge in [0.05, 0.1) is 11.2 Å². The minimum absolute atomic E-state index is 0.136. The Morgan fingerprint density at radius 3 is 2.50 bits per heavy atom. The highest BCUT2D eigenvalue weighted by Gasteiger charge is 2.28. The number of hydrogen-bond acceptors (Lipinski definition) is 6. The first-order chi connectivity index (χ1) is 15.4. The fraction of sp³-hybridized carbons (Fsp3) is 0.455. The zero-order valence-electron chi connectivity index (χ0n) is 18.1. The standard InChI is InChI=1S/C22H29N3O6S/c1-2-30-15-4-12-23-32(28,29)19-8-6-18(7-9-19)24-21(26)17-10-13-25(14-11-17)22(27)20-5-3-16-31-20/h3,5-9,16-17,23H,2,4,10-15H2,1H3,(H,24,26). The molecule has 2 aromatic rings. The molecule has 2 amide bonds. The molecule has 0 aliphatic carbocycles. The van der Waals surface area contributed by atoms with Crippen molar-refractivity contribution in [3.05, 3.63) is 48.4 Å². The second-order valence-corrected chi connectivity index (χ2v) is 9.27. The van der Waals surface area contributed by atoms with Crippen LogP contribution in [0.3, 0.4) is 0 Å². The Morgan fingerprint density at radius 1 is 1.16 bits per heavy atom. The molecule has 1 fully saturated rings. The molecule has 9 nitrogen and oxygen atoms in total. The van der Waals surface area contributed by atoms with E-state index >= 15 is 0 Å². The monoisotopic (exact) mass is 463 g/mol. The number of benzene rings is 1. The van der Waals surface area contributed by atoms with E-state index in [1.807, 2.05) is 6.92 Å². The number of ether oxygens (including phenoxy) is 1. The number of sulfonamides is 1. The summed E-state index contributed by atoms with van der Waals surface area (Å²) in [6.45, 7) is 4.23. The summed E-state index contributed by atoms with van der Waals surface area (Å²) in [5.41, 5.74) is 0.527. The molecular weight excluding hydrogens is 434 g/mol. The summed E-state index contributed by atoms with van der Waals surface area (Å²) in [5, 5.41) is 2.84. The number of amides is 2. The van der Waals surface area contributed by atoms with Crippen LogP contribution in [-0.2, 0) is 19.6 Å². The number of nitrogens with one attached hydrogen (secondary N) is 2. The van der Waals surface area contributed by atoms with Crippen LogP contribution in [0.4, 0.5) is 5.69 Å². The number of hydrogen-bond donors (Lipinski definition) is 2. The molecule has 0 bridgehead atoms. The van der Waals surface area contributed by atoms with Gasteiger partial charge in [-0.2, -0.15) is 0 Å². The zero-order chi connectivity index (χ0) is 23.0. The molecule has 0 unspecified atom stereocenters. The number of carbonyl (C=O) groups excluding carboxylic acids is 2. The van der Waals surface area contributed by atoms with E-state index in [4.69, 9.17) is 9.15 Å². The molecule has 1 aromatic heterocycles. The van der Waals surface area contributed by atoms with Gasteiger partial charge < -0.3 is 19.4 Å². The van der Waals surface area contributed by atoms with Crippen LogP contribution in [0.15, 0.2) is 52.0 Å². The van der Waals surface area contributed by atoms with E-state index in [-0.39, 0.29) is 22.6 Å². The molecule has 174 valence electrons. The van der Waals surface area contributed by atoms with Crippen LogP contribution in [0.25, 0.3) is 0 Å². The maximum atomic E-state index is 12.6. The van der Waals surface area contributed by atoms with E-state index in [0.717, 1.165) is 0 Å². The summed E-state index contributed by atoms with van der Waals surface area (Å²) in [6.07, 6.45) is 3.16. The van der Waals surface area contributed by atoms with Gasteiger partial charge in [0.25, 0.3) is 5.91 Å². The van der Waals surface area contributed by atoms with Crippen LogP contribution in [0.1, 0.15) is 36.7 Å². The smallest absolute Gasteiger partial charge is 0.289 e. The normalized spacial score (nSPS) is 15.0. The number of carbonyl (C=O) groups is 2. The van der Waals surface area contributed by atoms with Gasteiger partial charge in [-0.3, -0.25) is 9.59 Å². The van der Waals surface area contributed by atoms with E-state index < -0.39 is 10.0 Å². The lowest BCUT2D eigenvalue weighted by molar-refractivity contribution is -0.121. The van der Waals surface area contributed by atoms with Crippen molar-refractivity contribution in [1.29, 1.82) is 0 Å². The fourth-order valence-electron chi connectivity index (χ4n) is 3.47. The second kappa shape index (κ2) is 11.3. The predicted octanol–water partition coefficient (Wildman–Crippen LogP) is 2.48. The minimum Gasteiger partial charge on any atom is -0.459 e. The Hall–Kier alpha value is -2.69. The highest BCUT2D eigenvalue weighted by Crippen LogP contribution is 2.22. The van der Waals surface area contributed by atoms with Crippen molar-refractivity contribution in [3.63, 3.8) is 0 Å². The van der Waals surface area contributed by atoms with Gasteiger partial charge in [-0.05, 0) is 62.6 Å². The molecule has 1 aliphatic rings. The summed E-state index contributed by atoms with van der Waals surface area (Å²) in [5.74, 6) is -0.227. The summed E-state index contributed by atoms with van der Waals surface area (Å²) in [4.78, 5) is 26.8. The Kier molecular flexibility index (Phi) is 8.43. The lowest BCUT2D eigenvalue weighted by atomic mass is 9.95. The van der Waals surface area contributed by atoms with Gasteiger partial charge in [-0.1, -0.05) is 0 Å². The molecule has 1 saturated heterocycles. The summed E-state index contributed by atoms with van der Waals surface area (Å²) >= 11 is 0. The van der Waals surface area contributed by atoms with E-state index in [9.17, 15) is 18.0 Å². The Labute approximate surface area is 188 Å². The van der Waals surface area contributed by atoms with Crippen molar-refractivity contribution in [2.24, 2.45) is 5.92 Å². The molecule has 0 saturated carbocycles. The van der Waals surface area contributed by atoms with Crippen molar-refractivity contribution < 1.29 is 27.2 Å². The SMILES string of the molecule is CCOCCCNS(=O)(=O)c1ccc(NC(=O)C2CCN(C(=O)c3ccco3)CC2)cc1. The molecule has 10 heteroatoms. The van der Waals surface area contributed by atoms with Crippen LogP contribution in [0.2, 0.25) is 0 Å². The summed E-state index contributed by atoms with van der Waals surface area (Å²) < 4.78 is 37.6. The van der Waals surface area contributed by atoms with E-state index in [0.29, 0.717) is 63.6 Å². The number of piperidine rings is 1. The highest BCUT2D eigenvalue weighted by molar-refractivity contribution is 7.89. The molecular formula is C22H29N3O6S. The van der Waals surface area contributed by atoms with Crippen molar-refractivity contribution in [2.75, 3.05) is 38.2 Å². The van der Waals surface area contributed by atoms with Crippen molar-refractivity contribution in [2.45, 2.75) is 31.1 Å². The van der Waals surface area contributed by atoms with Gasteiger partial charge in [0.2, 0.25) is 15.9 Å². The summed E-state index contributed by atoms with van der Waals surface area (Å²) in [6, 6.07) is 9.37. The number of anilines is 1. The van der Waals surface area contributed by atoms with Gasteiger partial charge in [0, 0.05) is 44.5 Å². The van der Waals surface area contributed by atoms with Gasteiger partial charge in [-0.25, -0.2) is 13.1 Å². The number of rotatable bonds is 10. The molecule has 3 rings (SSSR count). The third kappa shape index (κ3) is 6.41. The lowest BCUT2D eigenvalue weighted by Crippen LogP contribution is -2.41. The Bertz CT molecular complexity index is 981. The first kappa shape index (κ1) is 24.0. The third-order valence-corrected chi connectivity index (χ3v) is 6.76. The molecule has 0 atom stereocenters. The summed E-state index contributed by atoms with van der Waals surface area (Å²) in [7, 11) is -3.61. The molecule has 2 heterocycles. The van der Waals surface area contributed by atoms with Gasteiger partial charge in [0.1, 0.15) is 0 Å². The van der Waals surface area contributed by atoms with Crippen LogP contribution < -0.4 is 10.0 Å². The van der Waals surface area contributed by atoms with Crippen molar-refractivity contribution >= 4 is 27.5 Å². The molecule has 1 aliphatic heterocycles. The third-order valence-electron chi connectivity index (χ3n) is 5.28. The van der Waals surface area contributed by atoms with Crippen LogP contribution in [-0.4, -0.2) is 58.0 Å². The van der Waals surface area contributed by atoms with Crippen LogP contribution >= 0.6 is 0 Å². The largest absolute Gasteiger partial charge is 0.459 e. The average Bonchev–Trinajstić information content (AvgIpc) is 3.34. The molecule has 1 aromatic carbocycles. The second-order valence-electron chi connectivity index (χ2n) is 7.51. The predicted molar refractivity (Wildman–Crippen MR) is 119 cm³/mol. The van der Waals surface area contributed by atoms with Gasteiger partial charge in [-0.15, -0.1) is 0 Å². The van der Waals surface area contributed by atoms with Crippen molar-refractivity contribution in [1.82, 2.24) is 9.62 Å². The van der Waals surface area contributed by atoms with Crippen LogP contribution in [0, 0.1) is 5.92 Å². The average molecular weight is 464 g/mol. The zero-order valence-corrected chi connectivity index (χ0v) is 18.9. The number of furan rings is 1. The highest BCUT2D eigenvalue weighted by atomic mass is 32.2. The number of nitrogens with zero attached hydrogens (tertiary/aromatic N) is 1. The van der Waals surface area contributed by atoms with Crippen molar-refractivity contribution in [3.8, 4) is 0 Å².